The van der Waals surface area contributed by atoms with Crippen molar-refractivity contribution in [2.75, 3.05) is 85.8 Å². The van der Waals surface area contributed by atoms with Crippen LogP contribution in [0.4, 0.5) is 0 Å². The Morgan fingerprint density at radius 2 is 1.05 bits per heavy atom. The molecule has 0 aliphatic rings. The van der Waals surface area contributed by atoms with Crippen LogP contribution in [-0.4, -0.2) is 149 Å². The van der Waals surface area contributed by atoms with Crippen LogP contribution in [0.3, 0.4) is 0 Å². The van der Waals surface area contributed by atoms with Gasteiger partial charge in [-0.3, -0.25) is 34.1 Å². The number of aliphatic carboxylic acids is 1. The van der Waals surface area contributed by atoms with Gasteiger partial charge >= 0.3 is 5.97 Å². The van der Waals surface area contributed by atoms with Crippen LogP contribution in [0.2, 0.25) is 0 Å². The summed E-state index contributed by atoms with van der Waals surface area (Å²) in [7, 11) is 0. The summed E-state index contributed by atoms with van der Waals surface area (Å²) in [4.78, 5) is 83.9. The molecule has 5 amide bonds. The Labute approximate surface area is 380 Å². The van der Waals surface area contributed by atoms with Crippen LogP contribution in [0.5, 0.6) is 0 Å². The number of nitrogens with one attached hydrogen (secondary N) is 5. The van der Waals surface area contributed by atoms with Crippen molar-refractivity contribution in [1.29, 1.82) is 0 Å². The fraction of sp³-hybridized carbons (Fsp3) is 0.841. The third-order valence-electron chi connectivity index (χ3n) is 10.2. The molecule has 0 spiro atoms. The summed E-state index contributed by atoms with van der Waals surface area (Å²) in [5.74, 6) is -4.43. The molecule has 1 unspecified atom stereocenters. The van der Waals surface area contributed by atoms with Gasteiger partial charge < -0.3 is 61.9 Å². The van der Waals surface area contributed by atoms with Crippen LogP contribution in [-0.2, 0) is 52.5 Å². The first-order chi connectivity index (χ1) is 30.9. The van der Waals surface area contributed by atoms with E-state index in [1.165, 1.54) is 57.8 Å². The van der Waals surface area contributed by atoms with Crippen molar-refractivity contribution in [1.82, 2.24) is 26.6 Å². The largest absolute Gasteiger partial charge is 0.480 e. The molecule has 0 saturated heterocycles. The van der Waals surface area contributed by atoms with Gasteiger partial charge in [0.05, 0.1) is 58.2 Å². The number of carbonyl (C=O) groups excluding carboxylic acids is 6. The highest BCUT2D eigenvalue weighted by molar-refractivity contribution is 5.89. The Balaban J connectivity index is 3.75. The smallest absolute Gasteiger partial charge is 0.326 e. The highest BCUT2D eigenvalue weighted by Gasteiger charge is 2.24. The van der Waals surface area contributed by atoms with E-state index in [2.05, 4.69) is 33.5 Å². The molecule has 0 aromatic rings. The number of aliphatic hydroxyl groups is 1. The van der Waals surface area contributed by atoms with E-state index in [1.807, 2.05) is 0 Å². The molecule has 0 fully saturated rings. The molecule has 64 heavy (non-hydrogen) atoms. The number of ketones is 1. The summed E-state index contributed by atoms with van der Waals surface area (Å²) < 4.78 is 21.4. The van der Waals surface area contributed by atoms with Gasteiger partial charge in [-0.2, -0.15) is 0 Å². The molecule has 372 valence electrons. The lowest BCUT2D eigenvalue weighted by atomic mass is 9.96. The number of carbonyl (C=O) groups is 7. The molecule has 0 radical (unpaired) electrons. The highest BCUT2D eigenvalue weighted by atomic mass is 16.5. The fourth-order valence-electron chi connectivity index (χ4n) is 6.45. The van der Waals surface area contributed by atoms with Gasteiger partial charge in [0.15, 0.2) is 5.78 Å². The molecule has 0 heterocycles. The summed E-state index contributed by atoms with van der Waals surface area (Å²) in [5.41, 5.74) is 10.7. The summed E-state index contributed by atoms with van der Waals surface area (Å²) in [5, 5.41) is 32.2. The molecular formula is C44H83N7O13. The zero-order valence-corrected chi connectivity index (χ0v) is 38.6. The highest BCUT2D eigenvalue weighted by Crippen LogP contribution is 2.13. The van der Waals surface area contributed by atoms with E-state index in [0.29, 0.717) is 32.2 Å². The van der Waals surface area contributed by atoms with Crippen LogP contribution < -0.4 is 38.1 Å². The van der Waals surface area contributed by atoms with Crippen LogP contribution >= 0.6 is 0 Å². The van der Waals surface area contributed by atoms with Gasteiger partial charge in [0.25, 0.3) is 0 Å². The topological polar surface area (TPSA) is 309 Å². The second kappa shape index (κ2) is 43.1. The molecule has 0 aliphatic carbocycles. The average Bonchev–Trinajstić information content (AvgIpc) is 3.26. The first kappa shape index (κ1) is 60.2. The summed E-state index contributed by atoms with van der Waals surface area (Å²) in [6.45, 7) is 3.46. The van der Waals surface area contributed by atoms with Gasteiger partial charge in [0.1, 0.15) is 19.3 Å². The quantitative estimate of drug-likeness (QED) is 0.0307. The second-order valence-electron chi connectivity index (χ2n) is 15.8. The van der Waals surface area contributed by atoms with Crippen LogP contribution in [0, 0.1) is 5.92 Å². The number of unbranched alkanes of at least 4 members (excludes halogenated alkanes) is 13. The number of amides is 5. The maximum absolute atomic E-state index is 12.4. The Kier molecular flexibility index (Phi) is 40.6. The number of primary amides is 1. The van der Waals surface area contributed by atoms with Crippen LogP contribution in [0.15, 0.2) is 0 Å². The van der Waals surface area contributed by atoms with Crippen molar-refractivity contribution in [2.45, 2.75) is 147 Å². The summed E-state index contributed by atoms with van der Waals surface area (Å²) in [6, 6.07) is -1.71. The zero-order valence-electron chi connectivity index (χ0n) is 38.6. The number of carboxylic acid groups (broad SMARTS) is 1. The Hall–Kier alpha value is -3.79. The predicted molar refractivity (Wildman–Crippen MR) is 241 cm³/mol. The fourth-order valence-corrected chi connectivity index (χ4v) is 6.45. The molecule has 0 bridgehead atoms. The van der Waals surface area contributed by atoms with E-state index >= 15 is 0 Å². The minimum absolute atomic E-state index is 0.0199. The zero-order chi connectivity index (χ0) is 47.5. The third-order valence-corrected chi connectivity index (χ3v) is 10.2. The molecule has 20 heteroatoms. The van der Waals surface area contributed by atoms with Crippen molar-refractivity contribution in [3.05, 3.63) is 0 Å². The van der Waals surface area contributed by atoms with Crippen molar-refractivity contribution >= 4 is 41.3 Å². The molecule has 0 rings (SSSR count). The van der Waals surface area contributed by atoms with E-state index in [0.717, 1.165) is 19.3 Å². The van der Waals surface area contributed by atoms with Gasteiger partial charge in [0, 0.05) is 45.6 Å². The molecule has 0 saturated carbocycles. The molecule has 11 N–H and O–H groups in total. The first-order valence-corrected chi connectivity index (χ1v) is 23.4. The molecule has 20 nitrogen and oxygen atoms in total. The summed E-state index contributed by atoms with van der Waals surface area (Å²) in [6.07, 6.45) is 17.2. The molecule has 0 aliphatic heterocycles. The van der Waals surface area contributed by atoms with Gasteiger partial charge in [0.2, 0.25) is 29.5 Å². The Morgan fingerprint density at radius 1 is 0.547 bits per heavy atom. The number of ether oxygens (including phenoxy) is 4. The maximum Gasteiger partial charge on any atom is 0.326 e. The maximum atomic E-state index is 12.4. The third kappa shape index (κ3) is 37.6. The molecule has 0 aromatic carbocycles. The van der Waals surface area contributed by atoms with Crippen molar-refractivity contribution in [2.24, 2.45) is 17.4 Å². The number of hydrogen-bond acceptors (Lipinski definition) is 14. The number of aliphatic hydroxyl groups excluding tert-OH is 1. The van der Waals surface area contributed by atoms with Gasteiger partial charge in [-0.1, -0.05) is 84.0 Å². The minimum atomic E-state index is -1.18. The first-order valence-electron chi connectivity index (χ1n) is 23.4. The van der Waals surface area contributed by atoms with Crippen LogP contribution in [0.1, 0.15) is 135 Å². The second-order valence-corrected chi connectivity index (χ2v) is 15.8. The van der Waals surface area contributed by atoms with E-state index < -0.39 is 36.5 Å². The van der Waals surface area contributed by atoms with Gasteiger partial charge in [-0.25, -0.2) is 4.79 Å². The lowest BCUT2D eigenvalue weighted by Crippen LogP contribution is -2.42. The van der Waals surface area contributed by atoms with E-state index in [-0.39, 0.29) is 128 Å². The number of nitrogens with two attached hydrogens (primary N) is 2. The SMILES string of the molecule is CCCCCCCCCCCCCCCC(=O)NC(CCC(=O)NCCOCCOCC(=O)NCCOCCOCC(=O)NCCCC[C@H](NCN)C(=O)C[C@@H](CO)C(N)=O)C(=O)O. The summed E-state index contributed by atoms with van der Waals surface area (Å²) >= 11 is 0. The van der Waals surface area contributed by atoms with Gasteiger partial charge in [-0.05, 0) is 32.1 Å². The van der Waals surface area contributed by atoms with Crippen LogP contribution in [0.25, 0.3) is 0 Å². The number of carboxylic acids is 1. The van der Waals surface area contributed by atoms with Crippen molar-refractivity contribution < 1.29 is 62.7 Å². The Bertz CT molecular complexity index is 1260. The number of rotatable bonds is 47. The molecule has 3 atom stereocenters. The minimum Gasteiger partial charge on any atom is -0.480 e. The lowest BCUT2D eigenvalue weighted by Gasteiger charge is -2.18. The van der Waals surface area contributed by atoms with Crippen molar-refractivity contribution in [3.8, 4) is 0 Å². The predicted octanol–water partition coefficient (Wildman–Crippen LogP) is 1.33. The Morgan fingerprint density at radius 3 is 1.55 bits per heavy atom. The van der Waals surface area contributed by atoms with E-state index in [4.69, 9.17) is 30.4 Å². The normalized spacial score (nSPS) is 12.5. The standard InChI is InChI=1S/C44H83N7O13/c1-2-3-4-5-6-7-8-9-10-11-12-13-14-18-40(55)51-37(44(59)60)19-20-39(54)48-22-24-61-26-29-64-33-42(57)49-23-25-62-27-28-63-32-41(56)47-21-16-15-17-36(50-34-45)38(53)30-35(31-52)43(46)58/h35-37,50,52H,2-34,45H2,1H3,(H2,46,58)(H,47,56)(H,48,54)(H,49,57)(H,51,55)(H,59,60)/t35-,36-,37?/m0/s1. The molecular weight excluding hydrogens is 835 g/mol. The average molecular weight is 918 g/mol. The number of hydrogen-bond donors (Lipinski definition) is 9. The lowest BCUT2D eigenvalue weighted by molar-refractivity contribution is -0.142. The molecule has 0 aromatic heterocycles. The van der Waals surface area contributed by atoms with E-state index in [9.17, 15) is 43.8 Å². The van der Waals surface area contributed by atoms with E-state index in [1.54, 1.807) is 0 Å². The number of Topliss-reactive ketones (excluding diaryl/α,β-unsaturated/α-hetero) is 1. The van der Waals surface area contributed by atoms with Gasteiger partial charge in [-0.15, -0.1) is 0 Å². The van der Waals surface area contributed by atoms with Crippen molar-refractivity contribution in [3.63, 3.8) is 0 Å². The monoisotopic (exact) mass is 918 g/mol.